The fourth-order valence-corrected chi connectivity index (χ4v) is 2.79. The molecule has 16 heavy (non-hydrogen) atoms. The smallest absolute Gasteiger partial charge is 0.135 e. The van der Waals surface area contributed by atoms with Crippen molar-refractivity contribution in [1.29, 1.82) is 0 Å². The molecule has 4 heteroatoms. The summed E-state index contributed by atoms with van der Waals surface area (Å²) < 4.78 is 5.84. The van der Waals surface area contributed by atoms with Crippen molar-refractivity contribution in [2.45, 2.75) is 31.2 Å². The molecule has 1 aliphatic rings. The van der Waals surface area contributed by atoms with Crippen molar-refractivity contribution in [2.75, 3.05) is 7.11 Å². The average molecular weight is 286 g/mol. The van der Waals surface area contributed by atoms with Gasteiger partial charge in [-0.15, -0.1) is 0 Å². The number of hydrogen-bond acceptors (Lipinski definition) is 3. The van der Waals surface area contributed by atoms with Crippen LogP contribution >= 0.6 is 15.9 Å². The number of phenolic OH excluding ortho intramolecular Hbond substituents is 1. The monoisotopic (exact) mass is 285 g/mol. The van der Waals surface area contributed by atoms with Crippen LogP contribution < -0.4 is 10.5 Å². The Labute approximate surface area is 104 Å². The minimum absolute atomic E-state index is 0.241. The first-order chi connectivity index (χ1) is 7.57. The third-order valence-corrected chi connectivity index (χ3v) is 3.91. The van der Waals surface area contributed by atoms with E-state index in [2.05, 4.69) is 15.9 Å². The number of benzene rings is 1. The van der Waals surface area contributed by atoms with Crippen molar-refractivity contribution >= 4 is 15.9 Å². The first-order valence-electron chi connectivity index (χ1n) is 5.43. The maximum atomic E-state index is 10.1. The van der Waals surface area contributed by atoms with Crippen LogP contribution in [0.25, 0.3) is 0 Å². The van der Waals surface area contributed by atoms with E-state index in [0.29, 0.717) is 4.47 Å². The summed E-state index contributed by atoms with van der Waals surface area (Å²) in [4.78, 5) is 0. The predicted molar refractivity (Wildman–Crippen MR) is 66.7 cm³/mol. The van der Waals surface area contributed by atoms with Crippen LogP contribution in [0.3, 0.4) is 0 Å². The van der Waals surface area contributed by atoms with Crippen molar-refractivity contribution in [3.05, 3.63) is 22.2 Å². The van der Waals surface area contributed by atoms with E-state index in [0.717, 1.165) is 37.0 Å². The summed E-state index contributed by atoms with van der Waals surface area (Å²) in [5, 5.41) is 10.1. The highest BCUT2D eigenvalue weighted by molar-refractivity contribution is 9.10. The molecule has 1 fully saturated rings. The molecule has 0 atom stereocenters. The zero-order valence-electron chi connectivity index (χ0n) is 9.29. The first kappa shape index (κ1) is 11.7. The molecule has 0 heterocycles. The van der Waals surface area contributed by atoms with E-state index >= 15 is 0 Å². The van der Waals surface area contributed by atoms with Crippen LogP contribution in [0.1, 0.15) is 31.2 Å². The third-order valence-electron chi connectivity index (χ3n) is 3.30. The van der Waals surface area contributed by atoms with Gasteiger partial charge in [-0.1, -0.05) is 12.8 Å². The fraction of sp³-hybridized carbons (Fsp3) is 0.500. The first-order valence-corrected chi connectivity index (χ1v) is 6.22. The topological polar surface area (TPSA) is 55.5 Å². The lowest BCUT2D eigenvalue weighted by Gasteiger charge is -2.26. The van der Waals surface area contributed by atoms with Gasteiger partial charge in [-0.25, -0.2) is 0 Å². The van der Waals surface area contributed by atoms with Gasteiger partial charge < -0.3 is 15.6 Å². The van der Waals surface area contributed by atoms with Crippen molar-refractivity contribution in [3.63, 3.8) is 0 Å². The molecule has 3 nitrogen and oxygen atoms in total. The van der Waals surface area contributed by atoms with E-state index in [1.165, 1.54) is 0 Å². The summed E-state index contributed by atoms with van der Waals surface area (Å²) in [6.07, 6.45) is 4.07. The number of aromatic hydroxyl groups is 1. The second kappa shape index (κ2) is 4.26. The van der Waals surface area contributed by atoms with E-state index in [9.17, 15) is 5.11 Å². The molecule has 0 amide bonds. The van der Waals surface area contributed by atoms with Gasteiger partial charge in [0.2, 0.25) is 0 Å². The molecule has 0 spiro atoms. The van der Waals surface area contributed by atoms with Crippen LogP contribution in [0.2, 0.25) is 0 Å². The van der Waals surface area contributed by atoms with Crippen molar-refractivity contribution in [2.24, 2.45) is 5.73 Å². The van der Waals surface area contributed by atoms with Gasteiger partial charge >= 0.3 is 0 Å². The Bertz CT molecular complexity index is 400. The summed E-state index contributed by atoms with van der Waals surface area (Å²) in [6.45, 7) is 0. The largest absolute Gasteiger partial charge is 0.506 e. The van der Waals surface area contributed by atoms with Gasteiger partial charge in [0.1, 0.15) is 11.5 Å². The Kier molecular flexibility index (Phi) is 3.13. The Morgan fingerprint density at radius 1 is 1.38 bits per heavy atom. The average Bonchev–Trinajstić information content (AvgIpc) is 2.70. The Morgan fingerprint density at radius 2 is 2.00 bits per heavy atom. The Balaban J connectivity index is 2.50. The van der Waals surface area contributed by atoms with Gasteiger partial charge in [0.15, 0.2) is 0 Å². The molecule has 0 aromatic heterocycles. The van der Waals surface area contributed by atoms with Crippen molar-refractivity contribution < 1.29 is 9.84 Å². The number of rotatable bonds is 2. The standard InChI is InChI=1S/C12H16BrNO2/c1-16-8-6-9(11(15)10(13)7-8)12(14)4-2-3-5-12/h6-7,15H,2-5,14H2,1H3. The lowest BCUT2D eigenvalue weighted by molar-refractivity contribution is 0.389. The highest BCUT2D eigenvalue weighted by Crippen LogP contribution is 2.44. The molecule has 1 aromatic rings. The molecule has 1 aromatic carbocycles. The maximum Gasteiger partial charge on any atom is 0.135 e. The van der Waals surface area contributed by atoms with Crippen LogP contribution in [0.5, 0.6) is 11.5 Å². The van der Waals surface area contributed by atoms with Gasteiger partial charge in [0.05, 0.1) is 11.6 Å². The van der Waals surface area contributed by atoms with E-state index in [1.54, 1.807) is 13.2 Å². The molecule has 2 rings (SSSR count). The number of ether oxygens (including phenoxy) is 1. The summed E-state index contributed by atoms with van der Waals surface area (Å²) >= 11 is 3.32. The highest BCUT2D eigenvalue weighted by Gasteiger charge is 2.34. The molecule has 0 bridgehead atoms. The molecule has 0 radical (unpaired) electrons. The number of nitrogens with two attached hydrogens (primary N) is 1. The lowest BCUT2D eigenvalue weighted by atomic mass is 9.88. The quantitative estimate of drug-likeness (QED) is 0.879. The summed E-state index contributed by atoms with van der Waals surface area (Å²) in [5.41, 5.74) is 6.72. The second-order valence-electron chi connectivity index (χ2n) is 4.37. The Morgan fingerprint density at radius 3 is 2.56 bits per heavy atom. The molecule has 88 valence electrons. The van der Waals surface area contributed by atoms with Gasteiger partial charge in [0.25, 0.3) is 0 Å². The van der Waals surface area contributed by atoms with Crippen molar-refractivity contribution in [3.8, 4) is 11.5 Å². The van der Waals surface area contributed by atoms with Crippen molar-refractivity contribution in [1.82, 2.24) is 0 Å². The molecular formula is C12H16BrNO2. The van der Waals surface area contributed by atoms with E-state index < -0.39 is 5.54 Å². The van der Waals surface area contributed by atoms with Gasteiger partial charge in [-0.05, 0) is 40.9 Å². The van der Waals surface area contributed by atoms with Crippen LogP contribution in [-0.4, -0.2) is 12.2 Å². The number of halogens is 1. The maximum absolute atomic E-state index is 10.1. The molecule has 1 saturated carbocycles. The Hall–Kier alpha value is -0.740. The minimum atomic E-state index is -0.402. The molecule has 1 aliphatic carbocycles. The van der Waals surface area contributed by atoms with Crippen LogP contribution in [0.15, 0.2) is 16.6 Å². The molecule has 3 N–H and O–H groups in total. The zero-order valence-corrected chi connectivity index (χ0v) is 10.9. The predicted octanol–water partition coefficient (Wildman–Crippen LogP) is 2.89. The van der Waals surface area contributed by atoms with Crippen LogP contribution in [0, 0.1) is 0 Å². The normalized spacial score (nSPS) is 18.7. The molecule has 0 saturated heterocycles. The SMILES string of the molecule is COc1cc(Br)c(O)c(C2(N)CCCC2)c1. The van der Waals surface area contributed by atoms with Crippen LogP contribution in [-0.2, 0) is 5.54 Å². The number of hydrogen-bond donors (Lipinski definition) is 2. The lowest BCUT2D eigenvalue weighted by Crippen LogP contribution is -2.33. The summed E-state index contributed by atoms with van der Waals surface area (Å²) in [6, 6.07) is 3.59. The zero-order chi connectivity index (χ0) is 11.8. The third kappa shape index (κ3) is 1.92. The van der Waals surface area contributed by atoms with E-state index in [-0.39, 0.29) is 5.75 Å². The number of phenols is 1. The second-order valence-corrected chi connectivity index (χ2v) is 5.22. The fourth-order valence-electron chi connectivity index (χ4n) is 2.35. The number of methoxy groups -OCH3 is 1. The van der Waals surface area contributed by atoms with Gasteiger partial charge in [0, 0.05) is 11.1 Å². The van der Waals surface area contributed by atoms with E-state index in [1.807, 2.05) is 6.07 Å². The minimum Gasteiger partial charge on any atom is -0.506 e. The molecule has 0 aliphatic heterocycles. The van der Waals surface area contributed by atoms with E-state index in [4.69, 9.17) is 10.5 Å². The van der Waals surface area contributed by atoms with Gasteiger partial charge in [-0.2, -0.15) is 0 Å². The van der Waals surface area contributed by atoms with Crippen LogP contribution in [0.4, 0.5) is 0 Å². The molecule has 0 unspecified atom stereocenters. The van der Waals surface area contributed by atoms with Gasteiger partial charge in [-0.3, -0.25) is 0 Å². The highest BCUT2D eigenvalue weighted by atomic mass is 79.9. The summed E-state index contributed by atoms with van der Waals surface area (Å²) in [5.74, 6) is 0.960. The summed E-state index contributed by atoms with van der Waals surface area (Å²) in [7, 11) is 1.61. The molecular weight excluding hydrogens is 270 g/mol.